The number of para-hydroxylation sites is 1. The Kier molecular flexibility index (Phi) is 5.39. The molecule has 4 aromatic rings. The second kappa shape index (κ2) is 8.29. The molecule has 1 N–H and O–H groups in total. The standard InChI is InChI=1S/C24H23N3O3/c1-16-10-11-27-14-20(25-23(27)12-16)18-8-9-22(29-3)19(13-18)26-24(28)15-30-21-7-5-4-6-17(21)2/h4-14H,15H2,1-3H3,(H,26,28). The summed E-state index contributed by atoms with van der Waals surface area (Å²) in [6.07, 6.45) is 3.94. The molecule has 0 radical (unpaired) electrons. The van der Waals surface area contributed by atoms with Gasteiger partial charge in [0, 0.05) is 18.0 Å². The van der Waals surface area contributed by atoms with E-state index in [0.717, 1.165) is 28.0 Å². The number of rotatable bonds is 6. The lowest BCUT2D eigenvalue weighted by atomic mass is 10.1. The van der Waals surface area contributed by atoms with Crippen LogP contribution in [0.2, 0.25) is 0 Å². The van der Waals surface area contributed by atoms with Crippen LogP contribution in [0.25, 0.3) is 16.9 Å². The monoisotopic (exact) mass is 401 g/mol. The number of hydrogen-bond donors (Lipinski definition) is 1. The first-order valence-corrected chi connectivity index (χ1v) is 9.65. The number of aromatic nitrogens is 2. The molecule has 0 saturated heterocycles. The van der Waals surface area contributed by atoms with Crippen molar-refractivity contribution < 1.29 is 14.3 Å². The zero-order valence-corrected chi connectivity index (χ0v) is 17.2. The van der Waals surface area contributed by atoms with Crippen molar-refractivity contribution in [2.45, 2.75) is 13.8 Å². The van der Waals surface area contributed by atoms with E-state index in [9.17, 15) is 4.79 Å². The van der Waals surface area contributed by atoms with Gasteiger partial charge in [-0.05, 0) is 61.4 Å². The molecule has 0 unspecified atom stereocenters. The molecule has 6 nitrogen and oxygen atoms in total. The van der Waals surface area contributed by atoms with Crippen LogP contribution < -0.4 is 14.8 Å². The maximum Gasteiger partial charge on any atom is 0.262 e. The molecular formula is C24H23N3O3. The van der Waals surface area contributed by atoms with Crippen molar-refractivity contribution in [3.05, 3.63) is 78.1 Å². The van der Waals surface area contributed by atoms with E-state index in [1.54, 1.807) is 7.11 Å². The Labute approximate surface area is 175 Å². The van der Waals surface area contributed by atoms with E-state index >= 15 is 0 Å². The number of methoxy groups -OCH3 is 1. The molecule has 2 aromatic carbocycles. The summed E-state index contributed by atoms with van der Waals surface area (Å²) >= 11 is 0. The van der Waals surface area contributed by atoms with Crippen LogP contribution in [-0.2, 0) is 4.79 Å². The summed E-state index contributed by atoms with van der Waals surface area (Å²) in [6, 6.07) is 17.3. The number of nitrogens with zero attached hydrogens (tertiary/aromatic N) is 2. The van der Waals surface area contributed by atoms with Crippen molar-refractivity contribution in [3.8, 4) is 22.8 Å². The highest BCUT2D eigenvalue weighted by atomic mass is 16.5. The zero-order chi connectivity index (χ0) is 21.1. The van der Waals surface area contributed by atoms with E-state index in [1.807, 2.05) is 85.2 Å². The first-order valence-electron chi connectivity index (χ1n) is 9.65. The van der Waals surface area contributed by atoms with Crippen molar-refractivity contribution in [1.29, 1.82) is 0 Å². The molecule has 2 heterocycles. The Hall–Kier alpha value is -3.80. The lowest BCUT2D eigenvalue weighted by Gasteiger charge is -2.13. The molecule has 0 fully saturated rings. The van der Waals surface area contributed by atoms with E-state index in [1.165, 1.54) is 0 Å². The number of imidazole rings is 1. The lowest BCUT2D eigenvalue weighted by molar-refractivity contribution is -0.118. The molecule has 0 atom stereocenters. The summed E-state index contributed by atoms with van der Waals surface area (Å²) in [5, 5.41) is 2.88. The van der Waals surface area contributed by atoms with Gasteiger partial charge in [0.15, 0.2) is 6.61 Å². The van der Waals surface area contributed by atoms with Crippen LogP contribution in [0.5, 0.6) is 11.5 Å². The number of fused-ring (bicyclic) bond motifs is 1. The third-order valence-corrected chi connectivity index (χ3v) is 4.84. The maximum atomic E-state index is 12.5. The Morgan fingerprint density at radius 2 is 1.90 bits per heavy atom. The van der Waals surface area contributed by atoms with Crippen LogP contribution in [0.3, 0.4) is 0 Å². The summed E-state index contributed by atoms with van der Waals surface area (Å²) in [5.74, 6) is 0.996. The van der Waals surface area contributed by atoms with E-state index < -0.39 is 0 Å². The molecule has 0 bridgehead atoms. The topological polar surface area (TPSA) is 64.9 Å². The molecule has 6 heteroatoms. The average molecular weight is 401 g/mol. The Morgan fingerprint density at radius 1 is 1.07 bits per heavy atom. The van der Waals surface area contributed by atoms with Gasteiger partial charge in [0.2, 0.25) is 0 Å². The lowest BCUT2D eigenvalue weighted by Crippen LogP contribution is -2.20. The van der Waals surface area contributed by atoms with E-state index in [-0.39, 0.29) is 12.5 Å². The van der Waals surface area contributed by atoms with Crippen molar-refractivity contribution in [2.75, 3.05) is 19.0 Å². The van der Waals surface area contributed by atoms with Gasteiger partial charge >= 0.3 is 0 Å². The number of nitrogens with one attached hydrogen (secondary N) is 1. The van der Waals surface area contributed by atoms with Gasteiger partial charge in [-0.1, -0.05) is 18.2 Å². The van der Waals surface area contributed by atoms with Crippen molar-refractivity contribution in [1.82, 2.24) is 9.38 Å². The molecule has 4 rings (SSSR count). The molecular weight excluding hydrogens is 378 g/mol. The third kappa shape index (κ3) is 4.12. The third-order valence-electron chi connectivity index (χ3n) is 4.84. The number of anilines is 1. The predicted molar refractivity (Wildman–Crippen MR) is 117 cm³/mol. The van der Waals surface area contributed by atoms with Crippen LogP contribution >= 0.6 is 0 Å². The van der Waals surface area contributed by atoms with Gasteiger partial charge < -0.3 is 19.2 Å². The predicted octanol–water partition coefficient (Wildman–Crippen LogP) is 4.64. The molecule has 0 aliphatic carbocycles. The summed E-state index contributed by atoms with van der Waals surface area (Å²) in [7, 11) is 1.57. The minimum atomic E-state index is -0.265. The largest absolute Gasteiger partial charge is 0.495 e. The van der Waals surface area contributed by atoms with Crippen molar-refractivity contribution >= 4 is 17.2 Å². The molecule has 152 valence electrons. The quantitative estimate of drug-likeness (QED) is 0.511. The summed E-state index contributed by atoms with van der Waals surface area (Å²) < 4.78 is 13.0. The number of carbonyl (C=O) groups is 1. The number of aryl methyl sites for hydroxylation is 2. The summed E-state index contributed by atoms with van der Waals surface area (Å²) in [6.45, 7) is 3.89. The highest BCUT2D eigenvalue weighted by molar-refractivity contribution is 5.94. The van der Waals surface area contributed by atoms with Gasteiger partial charge in [-0.25, -0.2) is 4.98 Å². The minimum absolute atomic E-state index is 0.0914. The van der Waals surface area contributed by atoms with Crippen LogP contribution in [-0.4, -0.2) is 29.0 Å². The highest BCUT2D eigenvalue weighted by Crippen LogP contribution is 2.30. The van der Waals surface area contributed by atoms with E-state index in [2.05, 4.69) is 5.32 Å². The molecule has 0 saturated carbocycles. The Bertz CT molecular complexity index is 1210. The van der Waals surface area contributed by atoms with Gasteiger partial charge in [-0.15, -0.1) is 0 Å². The van der Waals surface area contributed by atoms with Gasteiger partial charge in [0.25, 0.3) is 5.91 Å². The van der Waals surface area contributed by atoms with Crippen molar-refractivity contribution in [3.63, 3.8) is 0 Å². The van der Waals surface area contributed by atoms with Gasteiger partial charge in [-0.2, -0.15) is 0 Å². The molecule has 2 aromatic heterocycles. The van der Waals surface area contributed by atoms with E-state index in [4.69, 9.17) is 14.5 Å². The molecule has 1 amide bonds. The van der Waals surface area contributed by atoms with E-state index in [0.29, 0.717) is 17.2 Å². The number of amides is 1. The van der Waals surface area contributed by atoms with Gasteiger partial charge in [-0.3, -0.25) is 4.79 Å². The molecule has 0 aliphatic heterocycles. The smallest absolute Gasteiger partial charge is 0.262 e. The highest BCUT2D eigenvalue weighted by Gasteiger charge is 2.12. The van der Waals surface area contributed by atoms with Gasteiger partial charge in [0.1, 0.15) is 17.1 Å². The number of carbonyl (C=O) groups excluding carboxylic acids is 1. The fraction of sp³-hybridized carbons (Fsp3) is 0.167. The second-order valence-electron chi connectivity index (χ2n) is 7.11. The fourth-order valence-electron chi connectivity index (χ4n) is 3.24. The maximum absolute atomic E-state index is 12.5. The van der Waals surface area contributed by atoms with Crippen LogP contribution in [0, 0.1) is 13.8 Å². The molecule has 30 heavy (non-hydrogen) atoms. The average Bonchev–Trinajstić information content (AvgIpc) is 3.16. The minimum Gasteiger partial charge on any atom is -0.495 e. The normalized spacial score (nSPS) is 10.8. The van der Waals surface area contributed by atoms with Crippen LogP contribution in [0.4, 0.5) is 5.69 Å². The molecule has 0 spiro atoms. The number of ether oxygens (including phenoxy) is 2. The molecule has 0 aliphatic rings. The van der Waals surface area contributed by atoms with Gasteiger partial charge in [0.05, 0.1) is 18.5 Å². The zero-order valence-electron chi connectivity index (χ0n) is 17.2. The number of pyridine rings is 1. The van der Waals surface area contributed by atoms with Crippen molar-refractivity contribution in [2.24, 2.45) is 0 Å². The second-order valence-corrected chi connectivity index (χ2v) is 7.11. The summed E-state index contributed by atoms with van der Waals surface area (Å²) in [4.78, 5) is 17.2. The van der Waals surface area contributed by atoms with Crippen LogP contribution in [0.15, 0.2) is 67.0 Å². The SMILES string of the molecule is COc1ccc(-c2cn3ccc(C)cc3n2)cc1NC(=O)COc1ccccc1C. The fourth-order valence-corrected chi connectivity index (χ4v) is 3.24. The first-order chi connectivity index (χ1) is 14.5. The number of benzene rings is 2. The Morgan fingerprint density at radius 3 is 2.70 bits per heavy atom. The van der Waals surface area contributed by atoms with Crippen LogP contribution in [0.1, 0.15) is 11.1 Å². The Balaban J connectivity index is 1.54. The number of hydrogen-bond acceptors (Lipinski definition) is 4. The first kappa shape index (κ1) is 19.5. The summed E-state index contributed by atoms with van der Waals surface area (Å²) in [5.41, 5.74) is 5.27.